The summed E-state index contributed by atoms with van der Waals surface area (Å²) in [6, 6.07) is 6.40. The minimum absolute atomic E-state index is 0.274. The van der Waals surface area contributed by atoms with E-state index in [9.17, 15) is 24.3 Å². The number of benzene rings is 1. The molecule has 1 aromatic heterocycles. The predicted molar refractivity (Wildman–Crippen MR) is 157 cm³/mol. The number of nitrogens with one attached hydrogen (secondary N) is 3. The standard InChI is InChI=1S/C31H41N5O6/c1-17(2)25-27(38)33-26(18(3)37)28(39)36-15-7-8-23(35-36)29(40)42-19(4)22-12-11-21-10-9-20(16-24(21)32-22)13-14-31(5,6)30(41)34-25/h9-14,16-19,23,25-26,35,37H,7-8,15H2,1-6H3,(H,33,38)(H,34,41)/b14-13+/t18-,19-,23+,25?,26+/m1/s1. The maximum absolute atomic E-state index is 13.5. The molecule has 3 amide bonds. The van der Waals surface area contributed by atoms with Gasteiger partial charge in [0.2, 0.25) is 11.8 Å². The van der Waals surface area contributed by atoms with Crippen molar-refractivity contribution < 1.29 is 29.0 Å². The highest BCUT2D eigenvalue weighted by molar-refractivity contribution is 5.94. The van der Waals surface area contributed by atoms with Gasteiger partial charge in [0, 0.05) is 11.9 Å². The van der Waals surface area contributed by atoms with Crippen LogP contribution in [0, 0.1) is 11.3 Å². The fraction of sp³-hybridized carbons (Fsp3) is 0.516. The second-order valence-electron chi connectivity index (χ2n) is 12.1. The first-order chi connectivity index (χ1) is 19.8. The second-order valence-corrected chi connectivity index (χ2v) is 12.1. The van der Waals surface area contributed by atoms with E-state index in [1.54, 1.807) is 40.7 Å². The van der Waals surface area contributed by atoms with Crippen molar-refractivity contribution in [2.45, 2.75) is 84.7 Å². The quantitative estimate of drug-likeness (QED) is 0.396. The molecule has 1 unspecified atom stereocenters. The number of hydrogen-bond donors (Lipinski definition) is 4. The highest BCUT2D eigenvalue weighted by atomic mass is 16.5. The lowest BCUT2D eigenvalue weighted by atomic mass is 9.89. The van der Waals surface area contributed by atoms with Gasteiger partial charge < -0.3 is 20.5 Å². The normalized spacial score (nSPS) is 27.3. The van der Waals surface area contributed by atoms with E-state index in [1.165, 1.54) is 11.9 Å². The van der Waals surface area contributed by atoms with Gasteiger partial charge in [-0.25, -0.2) is 10.4 Å². The number of hydrazine groups is 1. The summed E-state index contributed by atoms with van der Waals surface area (Å²) in [7, 11) is 0. The molecule has 4 rings (SSSR count). The summed E-state index contributed by atoms with van der Waals surface area (Å²) < 4.78 is 5.74. The topological polar surface area (TPSA) is 150 Å². The third kappa shape index (κ3) is 6.96. The van der Waals surface area contributed by atoms with Crippen LogP contribution in [0.5, 0.6) is 0 Å². The van der Waals surface area contributed by atoms with Gasteiger partial charge >= 0.3 is 5.97 Å². The van der Waals surface area contributed by atoms with Crippen molar-refractivity contribution in [3.63, 3.8) is 0 Å². The first-order valence-electron chi connectivity index (χ1n) is 14.4. The molecule has 2 aliphatic heterocycles. The number of hydrogen-bond acceptors (Lipinski definition) is 8. The maximum Gasteiger partial charge on any atom is 0.325 e. The summed E-state index contributed by atoms with van der Waals surface area (Å²) in [5, 5.41) is 18.1. The Morgan fingerprint density at radius 3 is 2.45 bits per heavy atom. The Kier molecular flexibility index (Phi) is 9.32. The maximum atomic E-state index is 13.5. The largest absolute Gasteiger partial charge is 0.455 e. The molecule has 3 heterocycles. The SMILES string of the molecule is CC(C)C1NC(=O)C(C)(C)/C=C/c2ccc3ccc(nc3c2)[C@@H](C)OC(=O)[C@@H]2CCCN(N2)C(=O)[C@H]([C@@H](C)O)NC1=O. The Balaban J connectivity index is 1.73. The molecule has 4 N–H and O–H groups in total. The summed E-state index contributed by atoms with van der Waals surface area (Å²) in [6.07, 6.45) is 2.65. The highest BCUT2D eigenvalue weighted by Gasteiger charge is 2.38. The van der Waals surface area contributed by atoms with Gasteiger partial charge in [-0.2, -0.15) is 0 Å². The number of rotatable bonds is 2. The molecule has 11 heteroatoms. The fourth-order valence-electron chi connectivity index (χ4n) is 4.95. The average molecular weight is 580 g/mol. The third-order valence-corrected chi connectivity index (χ3v) is 7.74. The van der Waals surface area contributed by atoms with Crippen molar-refractivity contribution in [1.82, 2.24) is 26.1 Å². The van der Waals surface area contributed by atoms with Crippen molar-refractivity contribution in [3.05, 3.63) is 47.7 Å². The lowest BCUT2D eigenvalue weighted by Crippen LogP contribution is -2.64. The van der Waals surface area contributed by atoms with Gasteiger partial charge in [-0.15, -0.1) is 0 Å². The average Bonchev–Trinajstić information content (AvgIpc) is 2.95. The first-order valence-corrected chi connectivity index (χ1v) is 14.4. The number of carbonyl (C=O) groups excluding carboxylic acids is 4. The van der Waals surface area contributed by atoms with Gasteiger partial charge in [-0.05, 0) is 64.2 Å². The van der Waals surface area contributed by atoms with Crippen LogP contribution in [-0.2, 0) is 23.9 Å². The third-order valence-electron chi connectivity index (χ3n) is 7.74. The van der Waals surface area contributed by atoms with Gasteiger partial charge in [0.05, 0.1) is 22.7 Å². The molecule has 226 valence electrons. The number of carbonyl (C=O) groups is 4. The number of esters is 1. The van der Waals surface area contributed by atoms with Crippen LogP contribution in [-0.4, -0.2) is 69.6 Å². The molecule has 5 atom stereocenters. The Bertz CT molecular complexity index is 1390. The molecule has 1 aromatic carbocycles. The summed E-state index contributed by atoms with van der Waals surface area (Å²) in [5.41, 5.74) is 4.04. The molecule has 0 aliphatic carbocycles. The number of pyridine rings is 1. The molecular formula is C31H41N5O6. The van der Waals surface area contributed by atoms with Crippen LogP contribution in [0.15, 0.2) is 36.4 Å². The van der Waals surface area contributed by atoms with E-state index < -0.39 is 53.5 Å². The zero-order valence-electron chi connectivity index (χ0n) is 25.0. The number of ether oxygens (including phenoxy) is 1. The van der Waals surface area contributed by atoms with Crippen LogP contribution >= 0.6 is 0 Å². The van der Waals surface area contributed by atoms with Crippen LogP contribution in [0.3, 0.4) is 0 Å². The molecule has 0 radical (unpaired) electrons. The van der Waals surface area contributed by atoms with Gasteiger partial charge in [-0.1, -0.05) is 44.2 Å². The number of nitrogens with zero attached hydrogens (tertiary/aromatic N) is 2. The number of amides is 3. The molecule has 0 saturated carbocycles. The van der Waals surface area contributed by atoms with Crippen LogP contribution in [0.25, 0.3) is 17.0 Å². The molecular weight excluding hydrogens is 538 g/mol. The van der Waals surface area contributed by atoms with E-state index in [0.29, 0.717) is 24.1 Å². The summed E-state index contributed by atoms with van der Waals surface area (Å²) >= 11 is 0. The lowest BCUT2D eigenvalue weighted by molar-refractivity contribution is -0.157. The van der Waals surface area contributed by atoms with Gasteiger partial charge in [0.15, 0.2) is 0 Å². The van der Waals surface area contributed by atoms with E-state index in [-0.39, 0.29) is 18.4 Å². The zero-order valence-corrected chi connectivity index (χ0v) is 25.0. The number of aliphatic hydroxyl groups is 1. The number of cyclic esters (lactones) is 1. The Morgan fingerprint density at radius 1 is 1.05 bits per heavy atom. The Hall–Kier alpha value is -3.83. The van der Waals surface area contributed by atoms with Crippen LogP contribution in [0.4, 0.5) is 0 Å². The molecule has 2 aliphatic rings. The minimum Gasteiger partial charge on any atom is -0.455 e. The van der Waals surface area contributed by atoms with E-state index in [1.807, 2.05) is 36.4 Å². The van der Waals surface area contributed by atoms with Crippen LogP contribution in [0.2, 0.25) is 0 Å². The summed E-state index contributed by atoms with van der Waals surface area (Å²) in [5.74, 6) is -2.41. The van der Waals surface area contributed by atoms with E-state index >= 15 is 0 Å². The van der Waals surface area contributed by atoms with Gasteiger partial charge in [-0.3, -0.25) is 24.2 Å². The van der Waals surface area contributed by atoms with Crippen molar-refractivity contribution in [3.8, 4) is 0 Å². The molecule has 42 heavy (non-hydrogen) atoms. The van der Waals surface area contributed by atoms with E-state index in [0.717, 1.165) is 10.9 Å². The molecule has 5 bridgehead atoms. The predicted octanol–water partition coefficient (Wildman–Crippen LogP) is 2.39. The molecule has 2 aromatic rings. The lowest BCUT2D eigenvalue weighted by Gasteiger charge is -2.36. The number of aromatic nitrogens is 1. The monoisotopic (exact) mass is 579 g/mol. The Labute approximate surface area is 246 Å². The van der Waals surface area contributed by atoms with E-state index in [2.05, 4.69) is 16.1 Å². The molecule has 1 fully saturated rings. The molecule has 1 saturated heterocycles. The van der Waals surface area contributed by atoms with Crippen molar-refractivity contribution >= 4 is 40.7 Å². The first kappa shape index (κ1) is 31.1. The number of aliphatic hydroxyl groups excluding tert-OH is 1. The van der Waals surface area contributed by atoms with Crippen molar-refractivity contribution in [2.24, 2.45) is 11.3 Å². The fourth-order valence-corrected chi connectivity index (χ4v) is 4.95. The van der Waals surface area contributed by atoms with Gasteiger partial charge in [0.1, 0.15) is 24.2 Å². The summed E-state index contributed by atoms with van der Waals surface area (Å²) in [4.78, 5) is 58.1. The van der Waals surface area contributed by atoms with Crippen molar-refractivity contribution in [2.75, 3.05) is 6.54 Å². The number of fused-ring (bicyclic) bond motifs is 4. The van der Waals surface area contributed by atoms with Gasteiger partial charge in [0.25, 0.3) is 5.91 Å². The highest BCUT2D eigenvalue weighted by Crippen LogP contribution is 2.25. The zero-order chi connectivity index (χ0) is 30.8. The van der Waals surface area contributed by atoms with Crippen LogP contribution in [0.1, 0.15) is 71.7 Å². The summed E-state index contributed by atoms with van der Waals surface area (Å²) in [6.45, 7) is 10.5. The second kappa shape index (κ2) is 12.6. The minimum atomic E-state index is -1.30. The van der Waals surface area contributed by atoms with Crippen molar-refractivity contribution in [1.29, 1.82) is 0 Å². The molecule has 0 spiro atoms. The smallest absolute Gasteiger partial charge is 0.325 e. The Morgan fingerprint density at radius 2 is 1.76 bits per heavy atom. The van der Waals surface area contributed by atoms with E-state index in [4.69, 9.17) is 9.72 Å². The molecule has 11 nitrogen and oxygen atoms in total. The van der Waals surface area contributed by atoms with Crippen LogP contribution < -0.4 is 16.1 Å².